The Morgan fingerprint density at radius 3 is 2.27 bits per heavy atom. The number of nitrogens with zero attached hydrogens (tertiary/aromatic N) is 3. The molecule has 0 radical (unpaired) electrons. The molecule has 8 heteroatoms. The van der Waals surface area contributed by atoms with Crippen molar-refractivity contribution < 1.29 is 23.9 Å². The number of allylic oxidation sites excluding steroid dienone is 2. The first kappa shape index (κ1) is 26.2. The maximum Gasteiger partial charge on any atom is 0.421 e. The lowest BCUT2D eigenvalue weighted by molar-refractivity contribution is -0.125. The highest BCUT2D eigenvalue weighted by atomic mass is 16.6. The minimum absolute atomic E-state index is 0.224. The van der Waals surface area contributed by atoms with Crippen molar-refractivity contribution in [1.29, 1.82) is 0 Å². The van der Waals surface area contributed by atoms with Gasteiger partial charge in [0, 0.05) is 44.7 Å². The van der Waals surface area contributed by atoms with Crippen molar-refractivity contribution in [2.45, 2.75) is 25.7 Å². The number of hydrogen-bond donors (Lipinski definition) is 0. The third-order valence-corrected chi connectivity index (χ3v) is 6.61. The quantitative estimate of drug-likeness (QED) is 0.511. The Bertz CT molecular complexity index is 1200. The summed E-state index contributed by atoms with van der Waals surface area (Å²) in [6.45, 7) is 10.8. The van der Waals surface area contributed by atoms with Gasteiger partial charge in [-0.2, -0.15) is 0 Å². The van der Waals surface area contributed by atoms with Crippen molar-refractivity contribution in [3.63, 3.8) is 0 Å². The number of imide groups is 1. The van der Waals surface area contributed by atoms with Crippen LogP contribution in [0.1, 0.15) is 24.0 Å². The lowest BCUT2D eigenvalue weighted by atomic mass is 9.97. The minimum atomic E-state index is -0.671. The van der Waals surface area contributed by atoms with Gasteiger partial charge in [0.25, 0.3) is 0 Å². The number of ether oxygens (including phenoxy) is 2. The Morgan fingerprint density at radius 2 is 1.59 bits per heavy atom. The molecule has 2 heterocycles. The number of carbonyl (C=O) groups excluding carboxylic acids is 3. The number of carbonyl (C=O) groups is 3. The fraction of sp³-hybridized carbons (Fsp3) is 0.345. The normalized spacial score (nSPS) is 16.0. The average Bonchev–Trinajstić information content (AvgIpc) is 3.32. The number of likely N-dealkylation sites (tertiary alicyclic amines) is 1. The molecule has 0 aliphatic carbocycles. The van der Waals surface area contributed by atoms with Crippen LogP contribution in [0.4, 0.5) is 9.59 Å². The van der Waals surface area contributed by atoms with E-state index in [2.05, 4.69) is 18.1 Å². The first-order chi connectivity index (χ1) is 17.9. The largest absolute Gasteiger partial charge is 0.421 e. The Labute approximate surface area is 217 Å². The van der Waals surface area contributed by atoms with Crippen LogP contribution < -0.4 is 9.47 Å². The SMILES string of the molecule is C=CCc1ccc(OC(=O)N2CCN(C)CC2)c(-c2ccc(OC(=O)N3CCCC3=O)c(CC=C)c2)c1. The average molecular weight is 504 g/mol. The highest BCUT2D eigenvalue weighted by Gasteiger charge is 2.29. The summed E-state index contributed by atoms with van der Waals surface area (Å²) in [5.41, 5.74) is 3.32. The minimum Gasteiger partial charge on any atom is -0.410 e. The molecule has 2 aromatic carbocycles. The van der Waals surface area contributed by atoms with Crippen LogP contribution in [-0.2, 0) is 17.6 Å². The summed E-state index contributed by atoms with van der Waals surface area (Å²) in [6, 6.07) is 11.1. The summed E-state index contributed by atoms with van der Waals surface area (Å²) >= 11 is 0. The fourth-order valence-electron chi connectivity index (χ4n) is 4.48. The van der Waals surface area contributed by atoms with Crippen LogP contribution in [0.3, 0.4) is 0 Å². The Hall–Kier alpha value is -3.91. The molecule has 3 amide bonds. The smallest absolute Gasteiger partial charge is 0.410 e. The van der Waals surface area contributed by atoms with Crippen LogP contribution >= 0.6 is 0 Å². The zero-order valence-corrected chi connectivity index (χ0v) is 21.3. The third-order valence-electron chi connectivity index (χ3n) is 6.61. The Morgan fingerprint density at radius 1 is 0.892 bits per heavy atom. The number of likely N-dealkylation sites (N-methyl/N-ethyl adjacent to an activating group) is 1. The van der Waals surface area contributed by atoms with E-state index in [4.69, 9.17) is 9.47 Å². The molecule has 0 spiro atoms. The summed E-state index contributed by atoms with van der Waals surface area (Å²) in [5, 5.41) is 0. The van der Waals surface area contributed by atoms with Crippen molar-refractivity contribution in [2.75, 3.05) is 39.8 Å². The number of hydrogen-bond acceptors (Lipinski definition) is 6. The molecule has 2 aliphatic heterocycles. The molecule has 4 rings (SSSR count). The Balaban J connectivity index is 1.63. The van der Waals surface area contributed by atoms with E-state index in [0.717, 1.165) is 40.2 Å². The van der Waals surface area contributed by atoms with Gasteiger partial charge >= 0.3 is 12.2 Å². The number of piperazine rings is 1. The second kappa shape index (κ2) is 11.9. The lowest BCUT2D eigenvalue weighted by Gasteiger charge is -2.31. The van der Waals surface area contributed by atoms with Crippen molar-refractivity contribution in [3.05, 3.63) is 72.8 Å². The number of benzene rings is 2. The van der Waals surface area contributed by atoms with Crippen LogP contribution in [0.25, 0.3) is 11.1 Å². The molecule has 2 aliphatic rings. The molecule has 194 valence electrons. The van der Waals surface area contributed by atoms with Gasteiger partial charge in [0.2, 0.25) is 5.91 Å². The van der Waals surface area contributed by atoms with E-state index >= 15 is 0 Å². The van der Waals surface area contributed by atoms with Crippen molar-refractivity contribution in [2.24, 2.45) is 0 Å². The number of rotatable bonds is 7. The fourth-order valence-corrected chi connectivity index (χ4v) is 4.48. The van der Waals surface area contributed by atoms with Gasteiger partial charge in [-0.15, -0.1) is 13.2 Å². The highest BCUT2D eigenvalue weighted by Crippen LogP contribution is 2.35. The summed E-state index contributed by atoms with van der Waals surface area (Å²) in [7, 11) is 2.03. The highest BCUT2D eigenvalue weighted by molar-refractivity contribution is 5.94. The summed E-state index contributed by atoms with van der Waals surface area (Å²) in [6.07, 6.45) is 4.60. The van der Waals surface area contributed by atoms with Crippen molar-refractivity contribution >= 4 is 18.1 Å². The molecule has 0 atom stereocenters. The first-order valence-electron chi connectivity index (χ1n) is 12.5. The predicted octanol–water partition coefficient (Wildman–Crippen LogP) is 4.68. The van der Waals surface area contributed by atoms with Crippen LogP contribution in [0, 0.1) is 0 Å². The van der Waals surface area contributed by atoms with E-state index in [-0.39, 0.29) is 12.0 Å². The molecule has 37 heavy (non-hydrogen) atoms. The van der Waals surface area contributed by atoms with Crippen molar-refractivity contribution in [1.82, 2.24) is 14.7 Å². The first-order valence-corrected chi connectivity index (χ1v) is 12.5. The van der Waals surface area contributed by atoms with Gasteiger partial charge in [-0.25, -0.2) is 14.5 Å². The molecule has 0 N–H and O–H groups in total. The van der Waals surface area contributed by atoms with Gasteiger partial charge in [0.1, 0.15) is 11.5 Å². The summed E-state index contributed by atoms with van der Waals surface area (Å²) in [4.78, 5) is 42.5. The molecular formula is C29H33N3O5. The molecular weight excluding hydrogens is 470 g/mol. The second-order valence-corrected chi connectivity index (χ2v) is 9.31. The molecule has 2 saturated heterocycles. The molecule has 0 bridgehead atoms. The standard InChI is InChI=1S/C29H33N3O5/c1-4-7-21-10-12-26(37-28(34)31-17-15-30(3)16-18-31)24(19-21)22-11-13-25(23(20-22)8-5-2)36-29(35)32-14-6-9-27(32)33/h4-5,10-13,19-20H,1-2,6-9,14-18H2,3H3. The van der Waals surface area contributed by atoms with Crippen molar-refractivity contribution in [3.8, 4) is 22.6 Å². The van der Waals surface area contributed by atoms with E-state index in [0.29, 0.717) is 56.8 Å². The van der Waals surface area contributed by atoms with Crippen LogP contribution in [-0.4, -0.2) is 72.6 Å². The van der Waals surface area contributed by atoms with E-state index in [9.17, 15) is 14.4 Å². The van der Waals surface area contributed by atoms with E-state index in [1.165, 1.54) is 0 Å². The third kappa shape index (κ3) is 6.27. The monoisotopic (exact) mass is 503 g/mol. The van der Waals surface area contributed by atoms with E-state index < -0.39 is 6.09 Å². The molecule has 0 unspecified atom stereocenters. The van der Waals surface area contributed by atoms with Gasteiger partial charge in [-0.3, -0.25) is 4.79 Å². The maximum absolute atomic E-state index is 12.9. The molecule has 0 saturated carbocycles. The van der Waals surface area contributed by atoms with Crippen LogP contribution in [0.5, 0.6) is 11.5 Å². The zero-order chi connectivity index (χ0) is 26.4. The topological polar surface area (TPSA) is 79.4 Å². The molecule has 2 aromatic rings. The maximum atomic E-state index is 12.9. The van der Waals surface area contributed by atoms with Crippen LogP contribution in [0.2, 0.25) is 0 Å². The summed E-state index contributed by atoms with van der Waals surface area (Å²) < 4.78 is 11.5. The zero-order valence-electron chi connectivity index (χ0n) is 21.3. The number of amides is 3. The summed E-state index contributed by atoms with van der Waals surface area (Å²) in [5.74, 6) is 0.595. The lowest BCUT2D eigenvalue weighted by Crippen LogP contribution is -2.48. The molecule has 0 aromatic heterocycles. The molecule has 2 fully saturated rings. The van der Waals surface area contributed by atoms with Gasteiger partial charge < -0.3 is 19.3 Å². The van der Waals surface area contributed by atoms with Gasteiger partial charge in [-0.05, 0) is 67.3 Å². The van der Waals surface area contributed by atoms with Gasteiger partial charge in [0.05, 0.1) is 0 Å². The Kier molecular flexibility index (Phi) is 8.40. The van der Waals surface area contributed by atoms with E-state index in [1.807, 2.05) is 43.5 Å². The van der Waals surface area contributed by atoms with Gasteiger partial charge in [-0.1, -0.05) is 24.3 Å². The predicted molar refractivity (Wildman–Crippen MR) is 142 cm³/mol. The van der Waals surface area contributed by atoms with Crippen LogP contribution in [0.15, 0.2) is 61.7 Å². The van der Waals surface area contributed by atoms with Gasteiger partial charge in [0.15, 0.2) is 0 Å². The second-order valence-electron chi connectivity index (χ2n) is 9.31. The molecule has 8 nitrogen and oxygen atoms in total. The van der Waals surface area contributed by atoms with E-state index in [1.54, 1.807) is 17.0 Å².